The standard InChI is InChI=1S/C16H28N6O2.2ClH/c1-21(2)8-7-18-16(24)12-22-11-14(10-19-22)20-15(23)4-3-13-5-6-17-9-13;;/h10-11,13,17H,3-9,12H2,1-2H3,(H,18,24)(H,20,23);2*1H. The fraction of sp³-hybridized carbons (Fsp3) is 0.688. The van der Waals surface area contributed by atoms with Crippen molar-refractivity contribution in [3.05, 3.63) is 12.4 Å². The molecule has 0 aromatic carbocycles. The molecule has 1 unspecified atom stereocenters. The molecule has 2 amide bonds. The first-order valence-corrected chi connectivity index (χ1v) is 8.47. The van der Waals surface area contributed by atoms with E-state index in [1.54, 1.807) is 12.4 Å². The number of halogens is 2. The van der Waals surface area contributed by atoms with Crippen molar-refractivity contribution in [1.29, 1.82) is 0 Å². The summed E-state index contributed by atoms with van der Waals surface area (Å²) in [6.45, 7) is 3.61. The van der Waals surface area contributed by atoms with E-state index in [-0.39, 0.29) is 43.2 Å². The van der Waals surface area contributed by atoms with Crippen molar-refractivity contribution >= 4 is 42.3 Å². The second-order valence-corrected chi connectivity index (χ2v) is 6.53. The Bertz CT molecular complexity index is 547. The van der Waals surface area contributed by atoms with Crippen molar-refractivity contribution in [2.75, 3.05) is 45.6 Å². The SMILES string of the molecule is CN(C)CCNC(=O)Cn1cc(NC(=O)CCC2CCNC2)cn1.Cl.Cl. The van der Waals surface area contributed by atoms with Gasteiger partial charge in [0.15, 0.2) is 0 Å². The first kappa shape index (κ1) is 24.7. The van der Waals surface area contributed by atoms with E-state index < -0.39 is 0 Å². The molecule has 2 heterocycles. The Labute approximate surface area is 167 Å². The van der Waals surface area contributed by atoms with Gasteiger partial charge in [-0.3, -0.25) is 14.3 Å². The largest absolute Gasteiger partial charge is 0.353 e. The molecule has 10 heteroatoms. The van der Waals surface area contributed by atoms with Gasteiger partial charge in [-0.2, -0.15) is 5.10 Å². The monoisotopic (exact) mass is 408 g/mol. The van der Waals surface area contributed by atoms with Crippen LogP contribution in [-0.4, -0.2) is 66.8 Å². The number of hydrogen-bond acceptors (Lipinski definition) is 5. The number of nitrogens with zero attached hydrogens (tertiary/aromatic N) is 3. The van der Waals surface area contributed by atoms with Crippen LogP contribution in [0.5, 0.6) is 0 Å². The number of rotatable bonds is 9. The number of carbonyl (C=O) groups is 2. The summed E-state index contributed by atoms with van der Waals surface area (Å²) in [6, 6.07) is 0. The quantitative estimate of drug-likeness (QED) is 0.560. The van der Waals surface area contributed by atoms with E-state index in [1.807, 2.05) is 19.0 Å². The van der Waals surface area contributed by atoms with E-state index in [4.69, 9.17) is 0 Å². The highest BCUT2D eigenvalue weighted by molar-refractivity contribution is 5.90. The summed E-state index contributed by atoms with van der Waals surface area (Å²) in [7, 11) is 3.91. The van der Waals surface area contributed by atoms with Crippen LogP contribution >= 0.6 is 24.8 Å². The van der Waals surface area contributed by atoms with E-state index in [2.05, 4.69) is 21.0 Å². The smallest absolute Gasteiger partial charge is 0.241 e. The Kier molecular flexibility index (Phi) is 12.2. The van der Waals surface area contributed by atoms with Crippen LogP contribution in [0.25, 0.3) is 0 Å². The van der Waals surface area contributed by atoms with E-state index in [0.29, 0.717) is 24.6 Å². The van der Waals surface area contributed by atoms with Crippen LogP contribution in [0.3, 0.4) is 0 Å². The first-order valence-electron chi connectivity index (χ1n) is 8.47. The average molecular weight is 409 g/mol. The number of likely N-dealkylation sites (N-methyl/N-ethyl adjacent to an activating group) is 1. The van der Waals surface area contributed by atoms with Crippen molar-refractivity contribution in [1.82, 2.24) is 25.3 Å². The zero-order chi connectivity index (χ0) is 17.4. The molecule has 1 aliphatic rings. The Morgan fingerprint density at radius 1 is 1.35 bits per heavy atom. The maximum absolute atomic E-state index is 12.0. The van der Waals surface area contributed by atoms with Gasteiger partial charge in [-0.15, -0.1) is 24.8 Å². The van der Waals surface area contributed by atoms with E-state index in [0.717, 1.165) is 32.5 Å². The van der Waals surface area contributed by atoms with Crippen LogP contribution in [0.2, 0.25) is 0 Å². The topological polar surface area (TPSA) is 91.3 Å². The molecule has 2 rings (SSSR count). The fourth-order valence-electron chi connectivity index (χ4n) is 2.66. The lowest BCUT2D eigenvalue weighted by atomic mass is 10.0. The summed E-state index contributed by atoms with van der Waals surface area (Å²) in [5.41, 5.74) is 0.630. The number of carbonyl (C=O) groups excluding carboxylic acids is 2. The second kappa shape index (κ2) is 12.9. The van der Waals surface area contributed by atoms with E-state index in [9.17, 15) is 9.59 Å². The van der Waals surface area contributed by atoms with Crippen LogP contribution in [0.1, 0.15) is 19.3 Å². The summed E-state index contributed by atoms with van der Waals surface area (Å²) in [4.78, 5) is 25.7. The highest BCUT2D eigenvalue weighted by atomic mass is 35.5. The molecule has 3 N–H and O–H groups in total. The van der Waals surface area contributed by atoms with Gasteiger partial charge in [-0.1, -0.05) is 0 Å². The third-order valence-corrected chi connectivity index (χ3v) is 4.05. The molecule has 8 nitrogen and oxygen atoms in total. The molecule has 0 spiro atoms. The maximum atomic E-state index is 12.0. The Hall–Kier alpha value is -1.35. The highest BCUT2D eigenvalue weighted by Crippen LogP contribution is 2.15. The van der Waals surface area contributed by atoms with Gasteiger partial charge >= 0.3 is 0 Å². The normalized spacial score (nSPS) is 15.9. The van der Waals surface area contributed by atoms with Crippen LogP contribution in [0, 0.1) is 5.92 Å². The van der Waals surface area contributed by atoms with Gasteiger partial charge < -0.3 is 20.9 Å². The predicted octanol–water partition coefficient (Wildman–Crippen LogP) is 0.733. The van der Waals surface area contributed by atoms with Crippen LogP contribution in [0.15, 0.2) is 12.4 Å². The summed E-state index contributed by atoms with van der Waals surface area (Å²) in [5, 5.41) is 13.1. The molecule has 0 radical (unpaired) electrons. The number of anilines is 1. The Morgan fingerprint density at radius 3 is 2.77 bits per heavy atom. The zero-order valence-corrected chi connectivity index (χ0v) is 17.0. The number of aromatic nitrogens is 2. The minimum absolute atomic E-state index is 0. The molecule has 1 atom stereocenters. The lowest BCUT2D eigenvalue weighted by molar-refractivity contribution is -0.121. The average Bonchev–Trinajstić information content (AvgIpc) is 3.16. The van der Waals surface area contributed by atoms with Crippen LogP contribution < -0.4 is 16.0 Å². The highest BCUT2D eigenvalue weighted by Gasteiger charge is 2.16. The summed E-state index contributed by atoms with van der Waals surface area (Å²) in [6.07, 6.45) is 5.82. The molecule has 1 aliphatic heterocycles. The van der Waals surface area contributed by atoms with Gasteiger partial charge in [-0.25, -0.2) is 0 Å². The second-order valence-electron chi connectivity index (χ2n) is 6.53. The lowest BCUT2D eigenvalue weighted by Crippen LogP contribution is -2.33. The molecule has 150 valence electrons. The van der Waals surface area contributed by atoms with Crippen molar-refractivity contribution < 1.29 is 9.59 Å². The predicted molar refractivity (Wildman–Crippen MR) is 107 cm³/mol. The summed E-state index contributed by atoms with van der Waals surface area (Å²) in [5.74, 6) is 0.507. The molecule has 1 aromatic heterocycles. The minimum atomic E-state index is -0.0911. The molecular formula is C16H30Cl2N6O2. The third kappa shape index (κ3) is 9.38. The zero-order valence-electron chi connectivity index (χ0n) is 15.4. The van der Waals surface area contributed by atoms with Gasteiger partial charge in [0, 0.05) is 25.7 Å². The fourth-order valence-corrected chi connectivity index (χ4v) is 2.66. The van der Waals surface area contributed by atoms with E-state index >= 15 is 0 Å². The lowest BCUT2D eigenvalue weighted by Gasteiger charge is -2.10. The molecule has 1 aromatic rings. The molecule has 0 aliphatic carbocycles. The van der Waals surface area contributed by atoms with Crippen LogP contribution in [-0.2, 0) is 16.1 Å². The maximum Gasteiger partial charge on any atom is 0.241 e. The molecular weight excluding hydrogens is 379 g/mol. The van der Waals surface area contributed by atoms with Gasteiger partial charge in [0.1, 0.15) is 6.54 Å². The number of hydrogen-bond donors (Lipinski definition) is 3. The minimum Gasteiger partial charge on any atom is -0.353 e. The van der Waals surface area contributed by atoms with E-state index in [1.165, 1.54) is 4.68 Å². The van der Waals surface area contributed by atoms with Crippen molar-refractivity contribution in [2.45, 2.75) is 25.8 Å². The van der Waals surface area contributed by atoms with Crippen molar-refractivity contribution in [2.24, 2.45) is 5.92 Å². The van der Waals surface area contributed by atoms with Gasteiger partial charge in [-0.05, 0) is 45.9 Å². The van der Waals surface area contributed by atoms with Gasteiger partial charge in [0.2, 0.25) is 11.8 Å². The number of amides is 2. The van der Waals surface area contributed by atoms with Crippen LogP contribution in [0.4, 0.5) is 5.69 Å². The van der Waals surface area contributed by atoms with Gasteiger partial charge in [0.05, 0.1) is 11.9 Å². The Morgan fingerprint density at radius 2 is 2.12 bits per heavy atom. The molecule has 0 saturated carbocycles. The van der Waals surface area contributed by atoms with Crippen molar-refractivity contribution in [3.63, 3.8) is 0 Å². The third-order valence-electron chi connectivity index (χ3n) is 4.05. The Balaban J connectivity index is 0.00000312. The summed E-state index contributed by atoms with van der Waals surface area (Å²) >= 11 is 0. The summed E-state index contributed by atoms with van der Waals surface area (Å²) < 4.78 is 1.53. The van der Waals surface area contributed by atoms with Crippen molar-refractivity contribution in [3.8, 4) is 0 Å². The van der Waals surface area contributed by atoms with Gasteiger partial charge in [0.25, 0.3) is 0 Å². The molecule has 1 fully saturated rings. The molecule has 26 heavy (non-hydrogen) atoms. The number of nitrogens with one attached hydrogen (secondary N) is 3. The molecule has 0 bridgehead atoms. The first-order chi connectivity index (χ1) is 11.5. The molecule has 1 saturated heterocycles.